The summed E-state index contributed by atoms with van der Waals surface area (Å²) in [4.78, 5) is 12.4. The standard InChI is InChI=1S/C13H17BrOS/c1-8(2)10(4)16-13-6-5-11(9(3)15)7-12(13)14/h5-8,10H,1-4H3. The van der Waals surface area contributed by atoms with Gasteiger partial charge in [-0.25, -0.2) is 0 Å². The average molecular weight is 301 g/mol. The van der Waals surface area contributed by atoms with Crippen molar-refractivity contribution in [3.8, 4) is 0 Å². The smallest absolute Gasteiger partial charge is 0.159 e. The van der Waals surface area contributed by atoms with Gasteiger partial charge < -0.3 is 0 Å². The predicted molar refractivity (Wildman–Crippen MR) is 74.3 cm³/mol. The van der Waals surface area contributed by atoms with Crippen LogP contribution >= 0.6 is 27.7 Å². The maximum absolute atomic E-state index is 11.2. The predicted octanol–water partition coefficient (Wildman–Crippen LogP) is 4.79. The molecule has 1 atom stereocenters. The van der Waals surface area contributed by atoms with E-state index in [9.17, 15) is 4.79 Å². The molecule has 0 aliphatic heterocycles. The first-order chi connectivity index (χ1) is 7.41. The van der Waals surface area contributed by atoms with E-state index in [1.54, 1.807) is 6.92 Å². The highest BCUT2D eigenvalue weighted by Gasteiger charge is 2.12. The van der Waals surface area contributed by atoms with Gasteiger partial charge in [0.15, 0.2) is 5.78 Å². The van der Waals surface area contributed by atoms with E-state index in [1.165, 1.54) is 4.90 Å². The van der Waals surface area contributed by atoms with Crippen molar-refractivity contribution in [2.45, 2.75) is 37.8 Å². The molecule has 0 spiro atoms. The van der Waals surface area contributed by atoms with E-state index in [0.29, 0.717) is 11.2 Å². The topological polar surface area (TPSA) is 17.1 Å². The van der Waals surface area contributed by atoms with E-state index in [4.69, 9.17) is 0 Å². The molecule has 3 heteroatoms. The first-order valence-electron chi connectivity index (χ1n) is 5.39. The summed E-state index contributed by atoms with van der Waals surface area (Å²) in [5.74, 6) is 0.749. The normalized spacial score (nSPS) is 12.9. The molecule has 0 saturated heterocycles. The number of carbonyl (C=O) groups is 1. The molecule has 1 nitrogen and oxygen atoms in total. The molecule has 0 bridgehead atoms. The zero-order valence-corrected chi connectivity index (χ0v) is 12.5. The lowest BCUT2D eigenvalue weighted by molar-refractivity contribution is 0.101. The Hall–Kier alpha value is -0.280. The van der Waals surface area contributed by atoms with Crippen molar-refractivity contribution in [3.05, 3.63) is 28.2 Å². The van der Waals surface area contributed by atoms with Gasteiger partial charge in [0.25, 0.3) is 0 Å². The Morgan fingerprint density at radius 1 is 1.31 bits per heavy atom. The summed E-state index contributed by atoms with van der Waals surface area (Å²) in [7, 11) is 0. The summed E-state index contributed by atoms with van der Waals surface area (Å²) in [6, 6.07) is 5.81. The van der Waals surface area contributed by atoms with Gasteiger partial charge in [-0.05, 0) is 40.9 Å². The first kappa shape index (κ1) is 13.8. The Morgan fingerprint density at radius 2 is 1.94 bits per heavy atom. The minimum Gasteiger partial charge on any atom is -0.295 e. The van der Waals surface area contributed by atoms with Crippen LogP contribution in [0.5, 0.6) is 0 Å². The Bertz CT molecular complexity index is 388. The van der Waals surface area contributed by atoms with E-state index < -0.39 is 0 Å². The Kier molecular flexibility index (Phi) is 5.06. The van der Waals surface area contributed by atoms with E-state index in [2.05, 4.69) is 36.7 Å². The Balaban J connectivity index is 2.87. The molecule has 0 fully saturated rings. The number of hydrogen-bond acceptors (Lipinski definition) is 2. The fourth-order valence-electron chi connectivity index (χ4n) is 1.15. The van der Waals surface area contributed by atoms with Gasteiger partial charge in [0, 0.05) is 20.2 Å². The van der Waals surface area contributed by atoms with E-state index in [0.717, 1.165) is 10.0 Å². The number of hydrogen-bond donors (Lipinski definition) is 0. The number of rotatable bonds is 4. The van der Waals surface area contributed by atoms with Crippen LogP contribution in [0.25, 0.3) is 0 Å². The van der Waals surface area contributed by atoms with Crippen LogP contribution in [-0.4, -0.2) is 11.0 Å². The lowest BCUT2D eigenvalue weighted by Gasteiger charge is -2.16. The van der Waals surface area contributed by atoms with Crippen LogP contribution in [-0.2, 0) is 0 Å². The second-order valence-corrected chi connectivity index (χ2v) is 6.54. The van der Waals surface area contributed by atoms with Crippen molar-refractivity contribution in [3.63, 3.8) is 0 Å². The Labute approximate surface area is 110 Å². The number of halogens is 1. The van der Waals surface area contributed by atoms with Gasteiger partial charge in [0.2, 0.25) is 0 Å². The maximum atomic E-state index is 11.2. The fourth-order valence-corrected chi connectivity index (χ4v) is 2.80. The van der Waals surface area contributed by atoms with Crippen molar-refractivity contribution >= 4 is 33.5 Å². The zero-order chi connectivity index (χ0) is 12.3. The lowest BCUT2D eigenvalue weighted by Crippen LogP contribution is -2.05. The van der Waals surface area contributed by atoms with Crippen LogP contribution in [0, 0.1) is 5.92 Å². The second kappa shape index (κ2) is 5.87. The fraction of sp³-hybridized carbons (Fsp3) is 0.462. The number of carbonyl (C=O) groups excluding carboxylic acids is 1. The minimum atomic E-state index is 0.106. The van der Waals surface area contributed by atoms with Crippen LogP contribution in [0.4, 0.5) is 0 Å². The van der Waals surface area contributed by atoms with E-state index in [1.807, 2.05) is 30.0 Å². The molecule has 0 aliphatic carbocycles. The van der Waals surface area contributed by atoms with Gasteiger partial charge in [-0.15, -0.1) is 11.8 Å². The highest BCUT2D eigenvalue weighted by molar-refractivity contribution is 9.10. The quantitative estimate of drug-likeness (QED) is 0.587. The van der Waals surface area contributed by atoms with E-state index >= 15 is 0 Å². The van der Waals surface area contributed by atoms with Gasteiger partial charge >= 0.3 is 0 Å². The molecule has 1 rings (SSSR count). The van der Waals surface area contributed by atoms with Crippen LogP contribution in [0.15, 0.2) is 27.6 Å². The van der Waals surface area contributed by atoms with Gasteiger partial charge in [0.1, 0.15) is 0 Å². The summed E-state index contributed by atoms with van der Waals surface area (Å²) in [6.45, 7) is 8.25. The summed E-state index contributed by atoms with van der Waals surface area (Å²) < 4.78 is 1.01. The molecule has 0 amide bonds. The lowest BCUT2D eigenvalue weighted by atomic mass is 10.1. The molecule has 1 aromatic carbocycles. The van der Waals surface area contributed by atoms with Crippen LogP contribution in [0.1, 0.15) is 38.1 Å². The maximum Gasteiger partial charge on any atom is 0.159 e. The molecule has 0 heterocycles. The number of benzene rings is 1. The molecule has 0 radical (unpaired) electrons. The summed E-state index contributed by atoms with van der Waals surface area (Å²) in [5.41, 5.74) is 0.758. The monoisotopic (exact) mass is 300 g/mol. The molecule has 16 heavy (non-hydrogen) atoms. The molecule has 0 aliphatic rings. The van der Waals surface area contributed by atoms with Crippen molar-refractivity contribution in [2.24, 2.45) is 5.92 Å². The van der Waals surface area contributed by atoms with Gasteiger partial charge in [-0.2, -0.15) is 0 Å². The number of Topliss-reactive ketones (excluding diaryl/α,β-unsaturated/α-hetero) is 1. The second-order valence-electron chi connectivity index (χ2n) is 4.27. The molecule has 1 unspecified atom stereocenters. The Morgan fingerprint density at radius 3 is 2.38 bits per heavy atom. The van der Waals surface area contributed by atoms with Crippen LogP contribution in [0.2, 0.25) is 0 Å². The summed E-state index contributed by atoms with van der Waals surface area (Å²) in [6.07, 6.45) is 0. The first-order valence-corrected chi connectivity index (χ1v) is 7.06. The molecule has 88 valence electrons. The molecule has 1 aromatic rings. The van der Waals surface area contributed by atoms with Crippen molar-refractivity contribution in [1.29, 1.82) is 0 Å². The van der Waals surface area contributed by atoms with Crippen molar-refractivity contribution in [1.82, 2.24) is 0 Å². The highest BCUT2D eigenvalue weighted by atomic mass is 79.9. The molecular weight excluding hydrogens is 284 g/mol. The van der Waals surface area contributed by atoms with Crippen LogP contribution < -0.4 is 0 Å². The molecule has 0 aromatic heterocycles. The van der Waals surface area contributed by atoms with Crippen molar-refractivity contribution < 1.29 is 4.79 Å². The van der Waals surface area contributed by atoms with Crippen molar-refractivity contribution in [2.75, 3.05) is 0 Å². The van der Waals surface area contributed by atoms with Gasteiger partial charge in [-0.3, -0.25) is 4.79 Å². The SMILES string of the molecule is CC(=O)c1ccc(SC(C)C(C)C)c(Br)c1. The number of thioether (sulfide) groups is 1. The third kappa shape index (κ3) is 3.63. The molecular formula is C13H17BrOS. The van der Waals surface area contributed by atoms with E-state index in [-0.39, 0.29) is 5.78 Å². The highest BCUT2D eigenvalue weighted by Crippen LogP contribution is 2.33. The summed E-state index contributed by atoms with van der Waals surface area (Å²) in [5, 5.41) is 0.569. The zero-order valence-electron chi connectivity index (χ0n) is 10.1. The third-order valence-electron chi connectivity index (χ3n) is 2.59. The summed E-state index contributed by atoms with van der Waals surface area (Å²) >= 11 is 5.36. The van der Waals surface area contributed by atoms with Crippen LogP contribution in [0.3, 0.4) is 0 Å². The average Bonchev–Trinajstić information content (AvgIpc) is 2.20. The molecule has 0 N–H and O–H groups in total. The number of ketones is 1. The molecule has 0 saturated carbocycles. The minimum absolute atomic E-state index is 0.106. The van der Waals surface area contributed by atoms with Gasteiger partial charge in [0.05, 0.1) is 0 Å². The third-order valence-corrected chi connectivity index (χ3v) is 5.03. The van der Waals surface area contributed by atoms with Gasteiger partial charge in [-0.1, -0.05) is 26.8 Å². The largest absolute Gasteiger partial charge is 0.295 e.